The molecule has 0 amide bonds. The first-order valence-corrected chi connectivity index (χ1v) is 7.79. The van der Waals surface area contributed by atoms with Crippen molar-refractivity contribution in [3.8, 4) is 0 Å². The maximum Gasteiger partial charge on any atom is 0.254 e. The number of nitrogens with one attached hydrogen (secondary N) is 1. The van der Waals surface area contributed by atoms with Gasteiger partial charge in [-0.1, -0.05) is 13.8 Å². The van der Waals surface area contributed by atoms with Gasteiger partial charge in [-0.2, -0.15) is 14.6 Å². The monoisotopic (exact) mass is 288 g/mol. The lowest BCUT2D eigenvalue weighted by Crippen LogP contribution is -2.39. The third-order valence-electron chi connectivity index (χ3n) is 4.11. The van der Waals surface area contributed by atoms with E-state index in [2.05, 4.69) is 45.2 Å². The lowest BCUT2D eigenvalue weighted by atomic mass is 9.96. The molecule has 1 N–H and O–H groups in total. The van der Waals surface area contributed by atoms with Crippen LogP contribution < -0.4 is 10.2 Å². The van der Waals surface area contributed by atoms with Crippen molar-refractivity contribution in [2.24, 2.45) is 5.92 Å². The molecule has 1 aliphatic heterocycles. The average molecular weight is 288 g/mol. The smallest absolute Gasteiger partial charge is 0.254 e. The first-order valence-electron chi connectivity index (χ1n) is 7.79. The van der Waals surface area contributed by atoms with E-state index in [0.29, 0.717) is 11.8 Å². The van der Waals surface area contributed by atoms with E-state index in [1.54, 1.807) is 6.33 Å². The van der Waals surface area contributed by atoms with Crippen LogP contribution in [0.1, 0.15) is 32.4 Å². The fourth-order valence-electron chi connectivity index (χ4n) is 2.91. The summed E-state index contributed by atoms with van der Waals surface area (Å²) in [7, 11) is 0. The summed E-state index contributed by atoms with van der Waals surface area (Å²) < 4.78 is 1.85. The Labute approximate surface area is 125 Å². The van der Waals surface area contributed by atoms with E-state index in [0.717, 1.165) is 37.1 Å². The lowest BCUT2D eigenvalue weighted by molar-refractivity contribution is 0.369. The Bertz CT molecular complexity index is 597. The van der Waals surface area contributed by atoms with Crippen molar-refractivity contribution < 1.29 is 0 Å². The van der Waals surface area contributed by atoms with Crippen LogP contribution in [0.2, 0.25) is 0 Å². The largest absolute Gasteiger partial charge is 0.356 e. The van der Waals surface area contributed by atoms with Crippen molar-refractivity contribution in [3.63, 3.8) is 0 Å². The van der Waals surface area contributed by atoms with E-state index in [9.17, 15) is 0 Å². The number of anilines is 1. The molecule has 6 heteroatoms. The molecule has 0 aliphatic carbocycles. The summed E-state index contributed by atoms with van der Waals surface area (Å²) in [6, 6.07) is 2.68. The quantitative estimate of drug-likeness (QED) is 0.927. The van der Waals surface area contributed by atoms with Gasteiger partial charge in [0.25, 0.3) is 5.78 Å². The van der Waals surface area contributed by atoms with Gasteiger partial charge in [-0.05, 0) is 32.2 Å². The van der Waals surface area contributed by atoms with Crippen LogP contribution in [0.4, 0.5) is 5.82 Å². The van der Waals surface area contributed by atoms with Crippen molar-refractivity contribution in [2.75, 3.05) is 24.5 Å². The zero-order valence-corrected chi connectivity index (χ0v) is 13.1. The Morgan fingerprint density at radius 3 is 2.81 bits per heavy atom. The van der Waals surface area contributed by atoms with E-state index >= 15 is 0 Å². The number of aryl methyl sites for hydroxylation is 1. The van der Waals surface area contributed by atoms with Crippen molar-refractivity contribution in [2.45, 2.75) is 39.7 Å². The van der Waals surface area contributed by atoms with E-state index < -0.39 is 0 Å². The molecule has 0 bridgehead atoms. The predicted molar refractivity (Wildman–Crippen MR) is 83.6 cm³/mol. The number of hydrogen-bond acceptors (Lipinski definition) is 5. The van der Waals surface area contributed by atoms with Gasteiger partial charge in [0, 0.05) is 30.9 Å². The number of piperidine rings is 1. The molecule has 0 aromatic carbocycles. The molecule has 0 radical (unpaired) electrons. The summed E-state index contributed by atoms with van der Waals surface area (Å²) >= 11 is 0. The van der Waals surface area contributed by atoms with Crippen LogP contribution in [0.15, 0.2) is 12.4 Å². The Morgan fingerprint density at radius 2 is 2.10 bits per heavy atom. The summed E-state index contributed by atoms with van der Waals surface area (Å²) in [5.41, 5.74) is 0.995. The minimum atomic E-state index is 0.570. The molecular formula is C15H24N6. The van der Waals surface area contributed by atoms with Gasteiger partial charge in [0.05, 0.1) is 0 Å². The minimum absolute atomic E-state index is 0.570. The Balaban J connectivity index is 1.69. The number of aromatic nitrogens is 4. The van der Waals surface area contributed by atoms with Gasteiger partial charge in [-0.3, -0.25) is 0 Å². The molecule has 3 rings (SSSR count). The zero-order valence-electron chi connectivity index (χ0n) is 13.1. The van der Waals surface area contributed by atoms with Gasteiger partial charge >= 0.3 is 0 Å². The SMILES string of the molecule is Cc1cc(N2CCC(CNC(C)C)CC2)n2ncnc2n1. The maximum atomic E-state index is 4.41. The van der Waals surface area contributed by atoms with E-state index in [1.807, 2.05) is 11.4 Å². The normalized spacial score (nSPS) is 17.0. The molecule has 2 aromatic heterocycles. The van der Waals surface area contributed by atoms with E-state index in [-0.39, 0.29) is 0 Å². The topological polar surface area (TPSA) is 58.4 Å². The maximum absolute atomic E-state index is 4.41. The van der Waals surface area contributed by atoms with Gasteiger partial charge in [0.2, 0.25) is 0 Å². The van der Waals surface area contributed by atoms with Gasteiger partial charge in [-0.25, -0.2) is 4.98 Å². The zero-order chi connectivity index (χ0) is 14.8. The summed E-state index contributed by atoms with van der Waals surface area (Å²) in [5.74, 6) is 2.58. The second-order valence-corrected chi connectivity index (χ2v) is 6.22. The van der Waals surface area contributed by atoms with Crippen LogP contribution in [0.3, 0.4) is 0 Å². The van der Waals surface area contributed by atoms with Crippen LogP contribution in [0.5, 0.6) is 0 Å². The molecule has 0 atom stereocenters. The molecule has 3 heterocycles. The summed E-state index contributed by atoms with van der Waals surface area (Å²) in [6.07, 6.45) is 4.01. The van der Waals surface area contributed by atoms with Crippen molar-refractivity contribution in [1.29, 1.82) is 0 Å². The van der Waals surface area contributed by atoms with Crippen LogP contribution in [-0.2, 0) is 0 Å². The predicted octanol–water partition coefficient (Wildman–Crippen LogP) is 1.65. The number of fused-ring (bicyclic) bond motifs is 1. The number of hydrogen-bond donors (Lipinski definition) is 1. The highest BCUT2D eigenvalue weighted by atomic mass is 15.4. The summed E-state index contributed by atoms with van der Waals surface area (Å²) in [5, 5.41) is 7.85. The van der Waals surface area contributed by atoms with E-state index in [1.165, 1.54) is 12.8 Å². The van der Waals surface area contributed by atoms with Crippen LogP contribution in [-0.4, -0.2) is 45.3 Å². The van der Waals surface area contributed by atoms with Crippen LogP contribution in [0.25, 0.3) is 5.78 Å². The van der Waals surface area contributed by atoms with Crippen molar-refractivity contribution >= 4 is 11.6 Å². The highest BCUT2D eigenvalue weighted by Gasteiger charge is 2.21. The molecule has 6 nitrogen and oxygen atoms in total. The Morgan fingerprint density at radius 1 is 1.33 bits per heavy atom. The molecule has 0 saturated carbocycles. The Kier molecular flexibility index (Phi) is 4.05. The van der Waals surface area contributed by atoms with Crippen molar-refractivity contribution in [3.05, 3.63) is 18.1 Å². The highest BCUT2D eigenvalue weighted by Crippen LogP contribution is 2.23. The average Bonchev–Trinajstić information content (AvgIpc) is 2.93. The number of nitrogens with zero attached hydrogens (tertiary/aromatic N) is 5. The Hall–Kier alpha value is -1.69. The standard InChI is InChI=1S/C15H24N6/c1-11(2)16-9-13-4-6-20(7-5-13)14-8-12(3)19-15-17-10-18-21(14)15/h8,10-11,13,16H,4-7,9H2,1-3H3. The first-order chi connectivity index (χ1) is 10.1. The fourth-order valence-corrected chi connectivity index (χ4v) is 2.91. The van der Waals surface area contributed by atoms with Gasteiger partial charge in [0.1, 0.15) is 12.1 Å². The van der Waals surface area contributed by atoms with Crippen molar-refractivity contribution in [1.82, 2.24) is 24.9 Å². The van der Waals surface area contributed by atoms with Gasteiger partial charge in [-0.15, -0.1) is 0 Å². The molecule has 1 saturated heterocycles. The van der Waals surface area contributed by atoms with Gasteiger partial charge in [0.15, 0.2) is 0 Å². The molecular weight excluding hydrogens is 264 g/mol. The molecule has 1 fully saturated rings. The second kappa shape index (κ2) is 5.97. The fraction of sp³-hybridized carbons (Fsp3) is 0.667. The van der Waals surface area contributed by atoms with Gasteiger partial charge < -0.3 is 10.2 Å². The van der Waals surface area contributed by atoms with E-state index in [4.69, 9.17) is 0 Å². The second-order valence-electron chi connectivity index (χ2n) is 6.22. The molecule has 21 heavy (non-hydrogen) atoms. The molecule has 1 aliphatic rings. The van der Waals surface area contributed by atoms with Crippen LogP contribution in [0, 0.1) is 12.8 Å². The summed E-state index contributed by atoms with van der Waals surface area (Å²) in [4.78, 5) is 11.0. The summed E-state index contributed by atoms with van der Waals surface area (Å²) in [6.45, 7) is 9.69. The first kappa shape index (κ1) is 14.3. The third kappa shape index (κ3) is 3.15. The van der Waals surface area contributed by atoms with Crippen LogP contribution >= 0.6 is 0 Å². The molecule has 114 valence electrons. The minimum Gasteiger partial charge on any atom is -0.356 e. The third-order valence-corrected chi connectivity index (χ3v) is 4.11. The molecule has 2 aromatic rings. The molecule has 0 spiro atoms. The molecule has 0 unspecified atom stereocenters. The lowest BCUT2D eigenvalue weighted by Gasteiger charge is -2.33. The number of rotatable bonds is 4. The highest BCUT2D eigenvalue weighted by molar-refractivity contribution is 5.47.